The smallest absolute Gasteiger partial charge is 0.228 e. The van der Waals surface area contributed by atoms with E-state index in [1.54, 1.807) is 7.11 Å². The van der Waals surface area contributed by atoms with Gasteiger partial charge >= 0.3 is 0 Å². The monoisotopic (exact) mass is 432 g/mol. The summed E-state index contributed by atoms with van der Waals surface area (Å²) in [4.78, 5) is 29.1. The molecule has 0 saturated carbocycles. The molecule has 0 radical (unpaired) electrons. The van der Waals surface area contributed by atoms with Crippen molar-refractivity contribution in [3.05, 3.63) is 65.4 Å². The Morgan fingerprint density at radius 3 is 2.47 bits per heavy atom. The molecule has 2 aliphatic rings. The standard InChI is InChI=1S/C27H32N2O3/c1-17(2)14-24(31)29-22-9-7-6-8-20(22)28-21-15-27(3,4)16-23(30)25(21)26(29)18-10-12-19(32-5)13-11-18/h6-13,17,26,28H,14-16H2,1-5H3/t26-/m1/s1. The van der Waals surface area contributed by atoms with E-state index in [-0.39, 0.29) is 23.0 Å². The molecule has 0 fully saturated rings. The third-order valence-corrected chi connectivity index (χ3v) is 6.18. The molecule has 1 atom stereocenters. The summed E-state index contributed by atoms with van der Waals surface area (Å²) in [5.41, 5.74) is 4.04. The number of carbonyl (C=O) groups is 2. The van der Waals surface area contributed by atoms with Crippen LogP contribution in [0.3, 0.4) is 0 Å². The third kappa shape index (κ3) is 4.16. The summed E-state index contributed by atoms with van der Waals surface area (Å²) >= 11 is 0. The van der Waals surface area contributed by atoms with E-state index in [1.807, 2.05) is 67.3 Å². The number of para-hydroxylation sites is 2. The summed E-state index contributed by atoms with van der Waals surface area (Å²) in [5.74, 6) is 1.06. The Balaban J connectivity index is 1.97. The largest absolute Gasteiger partial charge is 0.497 e. The Labute approximate surface area is 190 Å². The van der Waals surface area contributed by atoms with Crippen LogP contribution in [0.25, 0.3) is 0 Å². The first-order chi connectivity index (χ1) is 15.2. The molecule has 1 N–H and O–H groups in total. The molecule has 0 aromatic heterocycles. The molecule has 1 aliphatic heterocycles. The lowest BCUT2D eigenvalue weighted by molar-refractivity contribution is -0.120. The number of nitrogens with one attached hydrogen (secondary N) is 1. The van der Waals surface area contributed by atoms with Gasteiger partial charge in [0.15, 0.2) is 5.78 Å². The van der Waals surface area contributed by atoms with Crippen LogP contribution in [0.5, 0.6) is 5.75 Å². The van der Waals surface area contributed by atoms with Gasteiger partial charge in [-0.2, -0.15) is 0 Å². The van der Waals surface area contributed by atoms with Crippen molar-refractivity contribution in [3.63, 3.8) is 0 Å². The van der Waals surface area contributed by atoms with Gasteiger partial charge in [-0.1, -0.05) is 52.0 Å². The van der Waals surface area contributed by atoms with E-state index < -0.39 is 6.04 Å². The summed E-state index contributed by atoms with van der Waals surface area (Å²) in [6.45, 7) is 8.33. The fourth-order valence-electron chi connectivity index (χ4n) is 4.81. The molecule has 4 rings (SSSR count). The molecule has 0 unspecified atom stereocenters. The number of benzene rings is 2. The number of anilines is 2. The number of rotatable bonds is 4. The fourth-order valence-corrected chi connectivity index (χ4v) is 4.81. The van der Waals surface area contributed by atoms with E-state index in [9.17, 15) is 9.59 Å². The van der Waals surface area contributed by atoms with Gasteiger partial charge in [0.25, 0.3) is 0 Å². The second kappa shape index (κ2) is 8.45. The van der Waals surface area contributed by atoms with Gasteiger partial charge in [-0.05, 0) is 47.6 Å². The lowest BCUT2D eigenvalue weighted by Crippen LogP contribution is -2.39. The molecule has 0 bridgehead atoms. The minimum Gasteiger partial charge on any atom is -0.497 e. The minimum absolute atomic E-state index is 0.0152. The topological polar surface area (TPSA) is 58.6 Å². The maximum atomic E-state index is 13.7. The number of hydrogen-bond acceptors (Lipinski definition) is 4. The van der Waals surface area contributed by atoms with Crippen LogP contribution < -0.4 is 15.0 Å². The van der Waals surface area contributed by atoms with Gasteiger partial charge in [0.05, 0.1) is 24.5 Å². The second-order valence-electron chi connectivity index (χ2n) is 10.0. The SMILES string of the molecule is COc1ccc([C@@H]2C3=C(CC(C)(C)CC3=O)Nc3ccccc3N2C(=O)CC(C)C)cc1. The van der Waals surface area contributed by atoms with E-state index in [0.29, 0.717) is 18.4 Å². The van der Waals surface area contributed by atoms with Gasteiger partial charge in [0.1, 0.15) is 5.75 Å². The summed E-state index contributed by atoms with van der Waals surface area (Å²) in [6, 6.07) is 15.1. The zero-order valence-electron chi connectivity index (χ0n) is 19.6. The molecule has 2 aromatic rings. The fraction of sp³-hybridized carbons (Fsp3) is 0.407. The number of ether oxygens (including phenoxy) is 1. The highest BCUT2D eigenvalue weighted by Gasteiger charge is 2.43. The number of ketones is 1. The lowest BCUT2D eigenvalue weighted by atomic mass is 9.73. The van der Waals surface area contributed by atoms with Gasteiger partial charge in [-0.15, -0.1) is 0 Å². The Bertz CT molecular complexity index is 1070. The molecule has 32 heavy (non-hydrogen) atoms. The van der Waals surface area contributed by atoms with Gasteiger partial charge in [-0.25, -0.2) is 0 Å². The van der Waals surface area contributed by atoms with Gasteiger partial charge in [0, 0.05) is 24.1 Å². The van der Waals surface area contributed by atoms with Crippen LogP contribution in [0.2, 0.25) is 0 Å². The Morgan fingerprint density at radius 2 is 1.81 bits per heavy atom. The predicted octanol–water partition coefficient (Wildman–Crippen LogP) is 5.88. The maximum Gasteiger partial charge on any atom is 0.228 e. The first kappa shape index (κ1) is 22.1. The van der Waals surface area contributed by atoms with Gasteiger partial charge in [-0.3, -0.25) is 14.5 Å². The molecule has 5 heteroatoms. The number of hydrogen-bond donors (Lipinski definition) is 1. The van der Waals surface area contributed by atoms with Crippen LogP contribution in [0.4, 0.5) is 11.4 Å². The zero-order valence-corrected chi connectivity index (χ0v) is 19.6. The first-order valence-corrected chi connectivity index (χ1v) is 11.3. The number of amides is 1. The van der Waals surface area contributed by atoms with Crippen LogP contribution in [-0.2, 0) is 9.59 Å². The third-order valence-electron chi connectivity index (χ3n) is 6.18. The zero-order chi connectivity index (χ0) is 23.0. The molecule has 0 saturated heterocycles. The number of Topliss-reactive ketones (excluding diaryl/α,β-unsaturated/α-hetero) is 1. The quantitative estimate of drug-likeness (QED) is 0.655. The van der Waals surface area contributed by atoms with Crippen molar-refractivity contribution in [3.8, 4) is 5.75 Å². The molecule has 0 spiro atoms. The number of fused-ring (bicyclic) bond motifs is 1. The lowest BCUT2D eigenvalue weighted by Gasteiger charge is -2.37. The van der Waals surface area contributed by atoms with Crippen molar-refractivity contribution in [2.45, 2.75) is 53.0 Å². The summed E-state index contributed by atoms with van der Waals surface area (Å²) in [5, 5.41) is 3.55. The van der Waals surface area contributed by atoms with Crippen LogP contribution in [0.15, 0.2) is 59.8 Å². The van der Waals surface area contributed by atoms with Crippen molar-refractivity contribution in [2.75, 3.05) is 17.3 Å². The summed E-state index contributed by atoms with van der Waals surface area (Å²) < 4.78 is 5.35. The van der Waals surface area contributed by atoms with Crippen LogP contribution >= 0.6 is 0 Å². The Hall–Kier alpha value is -3.08. The van der Waals surface area contributed by atoms with Crippen molar-refractivity contribution >= 4 is 23.1 Å². The molecule has 1 amide bonds. The highest BCUT2D eigenvalue weighted by Crippen LogP contribution is 2.48. The van der Waals surface area contributed by atoms with Crippen LogP contribution in [-0.4, -0.2) is 18.8 Å². The number of methoxy groups -OCH3 is 1. The molecule has 1 aliphatic carbocycles. The van der Waals surface area contributed by atoms with E-state index in [4.69, 9.17) is 4.74 Å². The molecule has 168 valence electrons. The van der Waals surface area contributed by atoms with Gasteiger partial charge < -0.3 is 10.1 Å². The Kier molecular flexibility index (Phi) is 5.85. The normalized spacial score (nSPS) is 19.8. The van der Waals surface area contributed by atoms with E-state index in [2.05, 4.69) is 19.2 Å². The molecular weight excluding hydrogens is 400 g/mol. The van der Waals surface area contributed by atoms with E-state index in [1.165, 1.54) is 0 Å². The maximum absolute atomic E-state index is 13.7. The first-order valence-electron chi connectivity index (χ1n) is 11.3. The molecular formula is C27H32N2O3. The van der Waals surface area contributed by atoms with Gasteiger partial charge in [0.2, 0.25) is 5.91 Å². The predicted molar refractivity (Wildman–Crippen MR) is 128 cm³/mol. The minimum atomic E-state index is -0.484. The van der Waals surface area contributed by atoms with Crippen LogP contribution in [0, 0.1) is 11.3 Å². The van der Waals surface area contributed by atoms with Crippen LogP contribution in [0.1, 0.15) is 58.6 Å². The molecule has 5 nitrogen and oxygen atoms in total. The summed E-state index contributed by atoms with van der Waals surface area (Å²) in [7, 11) is 1.63. The number of nitrogens with zero attached hydrogens (tertiary/aromatic N) is 1. The van der Waals surface area contributed by atoms with E-state index >= 15 is 0 Å². The summed E-state index contributed by atoms with van der Waals surface area (Å²) in [6.07, 6.45) is 1.62. The van der Waals surface area contributed by atoms with Crippen molar-refractivity contribution in [2.24, 2.45) is 11.3 Å². The average Bonchev–Trinajstić information content (AvgIpc) is 2.86. The highest BCUT2D eigenvalue weighted by atomic mass is 16.5. The van der Waals surface area contributed by atoms with E-state index in [0.717, 1.165) is 34.8 Å². The second-order valence-corrected chi connectivity index (χ2v) is 10.0. The van der Waals surface area contributed by atoms with Crippen molar-refractivity contribution in [1.82, 2.24) is 0 Å². The average molecular weight is 433 g/mol. The number of allylic oxidation sites excluding steroid dienone is 1. The Morgan fingerprint density at radius 1 is 1.12 bits per heavy atom. The molecule has 1 heterocycles. The molecule has 2 aromatic carbocycles. The van der Waals surface area contributed by atoms with Crippen molar-refractivity contribution < 1.29 is 14.3 Å². The van der Waals surface area contributed by atoms with Crippen molar-refractivity contribution in [1.29, 1.82) is 0 Å². The number of carbonyl (C=O) groups excluding carboxylic acids is 2. The highest BCUT2D eigenvalue weighted by molar-refractivity contribution is 6.06.